The van der Waals surface area contributed by atoms with Crippen LogP contribution in [0.3, 0.4) is 0 Å². The third kappa shape index (κ3) is 4.55. The molecule has 0 radical (unpaired) electrons. The molecule has 1 saturated heterocycles. The Balaban J connectivity index is 1.31. The van der Waals surface area contributed by atoms with E-state index in [1.165, 1.54) is 4.31 Å². The number of anilines is 2. The number of rotatable bonds is 7. The minimum atomic E-state index is -3.87. The van der Waals surface area contributed by atoms with Gasteiger partial charge in [0, 0.05) is 19.6 Å². The van der Waals surface area contributed by atoms with Gasteiger partial charge in [-0.25, -0.2) is 12.7 Å². The molecule has 0 aliphatic carbocycles. The van der Waals surface area contributed by atoms with Gasteiger partial charge in [0.05, 0.1) is 24.7 Å². The largest absolute Gasteiger partial charge is 0.494 e. The molecule has 2 aliphatic heterocycles. The lowest BCUT2D eigenvalue weighted by Gasteiger charge is -2.31. The number of ether oxygens (including phenoxy) is 3. The number of benzene rings is 3. The molecule has 1 fully saturated rings. The molecule has 2 heterocycles. The predicted octanol–water partition coefficient (Wildman–Crippen LogP) is 4.42. The van der Waals surface area contributed by atoms with Gasteiger partial charge in [-0.15, -0.1) is 0 Å². The molecule has 2 aliphatic rings. The fourth-order valence-corrected chi connectivity index (χ4v) is 5.56. The molecule has 3 aromatic rings. The zero-order chi connectivity index (χ0) is 22.7. The first-order valence-corrected chi connectivity index (χ1v) is 12.5. The van der Waals surface area contributed by atoms with E-state index in [1.807, 2.05) is 12.1 Å². The number of hydrogen-bond acceptors (Lipinski definition) is 6. The Morgan fingerprint density at radius 3 is 2.06 bits per heavy atom. The number of fused-ring (bicyclic) bond motifs is 2. The third-order valence-corrected chi connectivity index (χ3v) is 7.48. The highest BCUT2D eigenvalue weighted by atomic mass is 32.2. The van der Waals surface area contributed by atoms with E-state index < -0.39 is 10.0 Å². The summed E-state index contributed by atoms with van der Waals surface area (Å²) in [6.07, 6.45) is 0.904. The van der Waals surface area contributed by atoms with Gasteiger partial charge in [-0.3, -0.25) is 4.90 Å². The van der Waals surface area contributed by atoms with Gasteiger partial charge in [0.2, 0.25) is 0 Å². The van der Waals surface area contributed by atoms with E-state index in [9.17, 15) is 8.42 Å². The zero-order valence-corrected chi connectivity index (χ0v) is 19.0. The normalized spacial score (nSPS) is 15.9. The quantitative estimate of drug-likeness (QED) is 0.480. The number of nitrogens with zero attached hydrogens (tertiary/aromatic N) is 2. The third-order valence-electron chi connectivity index (χ3n) is 5.74. The lowest BCUT2D eigenvalue weighted by Crippen LogP contribution is -2.37. The smallest absolute Gasteiger partial charge is 0.268 e. The molecule has 0 bridgehead atoms. The predicted molar refractivity (Wildman–Crippen MR) is 126 cm³/mol. The molecule has 3 aromatic carbocycles. The maximum atomic E-state index is 13.7. The first-order valence-electron chi connectivity index (χ1n) is 11.1. The highest BCUT2D eigenvalue weighted by Gasteiger charge is 2.34. The second kappa shape index (κ2) is 9.43. The van der Waals surface area contributed by atoms with Crippen molar-refractivity contribution >= 4 is 21.4 Å². The summed E-state index contributed by atoms with van der Waals surface area (Å²) in [5.41, 5.74) is 0.972. The minimum Gasteiger partial charge on any atom is -0.494 e. The van der Waals surface area contributed by atoms with Crippen LogP contribution in [0.2, 0.25) is 0 Å². The Labute approximate surface area is 194 Å². The molecule has 0 aromatic heterocycles. The van der Waals surface area contributed by atoms with Gasteiger partial charge in [-0.1, -0.05) is 24.3 Å². The van der Waals surface area contributed by atoms with Crippen LogP contribution in [0.25, 0.3) is 0 Å². The minimum absolute atomic E-state index is 0.190. The van der Waals surface area contributed by atoms with Crippen LogP contribution in [-0.4, -0.2) is 52.8 Å². The Bertz CT molecular complexity index is 1160. The van der Waals surface area contributed by atoms with Gasteiger partial charge in [-0.05, 0) is 55.0 Å². The van der Waals surface area contributed by atoms with Crippen LogP contribution in [0.15, 0.2) is 77.7 Å². The van der Waals surface area contributed by atoms with Gasteiger partial charge in [0.15, 0.2) is 11.5 Å². The number of para-hydroxylation sites is 4. The van der Waals surface area contributed by atoms with Crippen molar-refractivity contribution in [3.05, 3.63) is 72.8 Å². The van der Waals surface area contributed by atoms with E-state index in [-0.39, 0.29) is 4.90 Å². The second-order valence-electron chi connectivity index (χ2n) is 7.93. The molecule has 0 N–H and O–H groups in total. The van der Waals surface area contributed by atoms with E-state index >= 15 is 0 Å². The second-order valence-corrected chi connectivity index (χ2v) is 9.72. The molecular weight excluding hydrogens is 440 g/mol. The molecule has 33 heavy (non-hydrogen) atoms. The molecule has 8 heteroatoms. The first kappa shape index (κ1) is 21.8. The molecule has 0 unspecified atom stereocenters. The van der Waals surface area contributed by atoms with E-state index in [1.54, 1.807) is 60.7 Å². The fourth-order valence-electron chi connectivity index (χ4n) is 4.05. The van der Waals surface area contributed by atoms with Crippen molar-refractivity contribution in [1.29, 1.82) is 0 Å². The Hall–Kier alpha value is -3.07. The van der Waals surface area contributed by atoms with Crippen LogP contribution in [0, 0.1) is 0 Å². The Morgan fingerprint density at radius 1 is 0.818 bits per heavy atom. The number of hydrogen-bond donors (Lipinski definition) is 0. The van der Waals surface area contributed by atoms with Crippen LogP contribution in [0.1, 0.15) is 6.42 Å². The summed E-state index contributed by atoms with van der Waals surface area (Å²) >= 11 is 0. The molecule has 172 valence electrons. The molecule has 7 nitrogen and oxygen atoms in total. The molecule has 0 atom stereocenters. The highest BCUT2D eigenvalue weighted by Crippen LogP contribution is 2.48. The average molecular weight is 467 g/mol. The van der Waals surface area contributed by atoms with Crippen molar-refractivity contribution in [3.63, 3.8) is 0 Å². The summed E-state index contributed by atoms with van der Waals surface area (Å²) in [6, 6.07) is 20.9. The maximum absolute atomic E-state index is 13.7. The number of morpholine rings is 1. The SMILES string of the molecule is O=S(=O)(c1ccc(OCCCN2CCOCC2)cc1)N1c2ccccc2Oc2ccccc21. The standard InChI is InChI=1S/C25H26N2O5S/c28-33(29,27-22-6-1-3-8-24(22)32-25-9-4-2-7-23(25)27)21-12-10-20(11-13-21)31-17-5-14-26-15-18-30-19-16-26/h1-4,6-13H,5,14-19H2. The molecule has 0 amide bonds. The summed E-state index contributed by atoms with van der Waals surface area (Å²) in [5, 5.41) is 0. The zero-order valence-electron chi connectivity index (χ0n) is 18.2. The van der Waals surface area contributed by atoms with Gasteiger partial charge >= 0.3 is 0 Å². The van der Waals surface area contributed by atoms with Gasteiger partial charge < -0.3 is 14.2 Å². The number of sulfonamides is 1. The van der Waals surface area contributed by atoms with E-state index in [2.05, 4.69) is 4.90 Å². The van der Waals surface area contributed by atoms with Gasteiger partial charge in [0.1, 0.15) is 17.1 Å². The molecule has 0 saturated carbocycles. The summed E-state index contributed by atoms with van der Waals surface area (Å²) in [6.45, 7) is 5.03. The lowest BCUT2D eigenvalue weighted by atomic mass is 10.2. The van der Waals surface area contributed by atoms with E-state index in [0.717, 1.165) is 39.3 Å². The van der Waals surface area contributed by atoms with E-state index in [4.69, 9.17) is 14.2 Å². The van der Waals surface area contributed by atoms with Crippen molar-refractivity contribution in [3.8, 4) is 17.2 Å². The van der Waals surface area contributed by atoms with Crippen molar-refractivity contribution in [2.24, 2.45) is 0 Å². The summed E-state index contributed by atoms with van der Waals surface area (Å²) in [7, 11) is -3.87. The fraction of sp³-hybridized carbons (Fsp3) is 0.280. The van der Waals surface area contributed by atoms with Crippen LogP contribution >= 0.6 is 0 Å². The van der Waals surface area contributed by atoms with Gasteiger partial charge in [0.25, 0.3) is 10.0 Å². The first-order chi connectivity index (χ1) is 16.1. The summed E-state index contributed by atoms with van der Waals surface area (Å²) < 4.78 is 45.8. The van der Waals surface area contributed by atoms with Crippen molar-refractivity contribution in [1.82, 2.24) is 4.90 Å². The maximum Gasteiger partial charge on any atom is 0.268 e. The summed E-state index contributed by atoms with van der Waals surface area (Å²) in [4.78, 5) is 2.55. The highest BCUT2D eigenvalue weighted by molar-refractivity contribution is 7.93. The van der Waals surface area contributed by atoms with Crippen LogP contribution in [0.4, 0.5) is 11.4 Å². The topological polar surface area (TPSA) is 68.3 Å². The molecule has 0 spiro atoms. The van der Waals surface area contributed by atoms with Crippen LogP contribution in [0.5, 0.6) is 17.2 Å². The van der Waals surface area contributed by atoms with E-state index in [0.29, 0.717) is 35.2 Å². The Kier molecular flexibility index (Phi) is 6.22. The Morgan fingerprint density at radius 2 is 1.42 bits per heavy atom. The summed E-state index contributed by atoms with van der Waals surface area (Å²) in [5.74, 6) is 1.65. The van der Waals surface area contributed by atoms with Crippen LogP contribution < -0.4 is 13.8 Å². The molecular formula is C25H26N2O5S. The van der Waals surface area contributed by atoms with Gasteiger partial charge in [-0.2, -0.15) is 0 Å². The van der Waals surface area contributed by atoms with Crippen LogP contribution in [-0.2, 0) is 14.8 Å². The van der Waals surface area contributed by atoms with Crippen molar-refractivity contribution in [2.45, 2.75) is 11.3 Å². The van der Waals surface area contributed by atoms with Crippen molar-refractivity contribution in [2.75, 3.05) is 43.8 Å². The lowest BCUT2D eigenvalue weighted by molar-refractivity contribution is 0.0358. The molecule has 5 rings (SSSR count). The monoisotopic (exact) mass is 466 g/mol. The average Bonchev–Trinajstić information content (AvgIpc) is 2.86. The van der Waals surface area contributed by atoms with Crippen molar-refractivity contribution < 1.29 is 22.6 Å².